The summed E-state index contributed by atoms with van der Waals surface area (Å²) in [5, 5.41) is -0.828. The molecule has 1 aromatic carbocycles. The van der Waals surface area contributed by atoms with Crippen molar-refractivity contribution in [3.05, 3.63) is 59.0 Å². The van der Waals surface area contributed by atoms with Gasteiger partial charge in [0.2, 0.25) is 10.3 Å². The van der Waals surface area contributed by atoms with Crippen molar-refractivity contribution < 1.29 is 31.6 Å². The molecule has 0 aliphatic carbocycles. The molecule has 0 N–H and O–H groups in total. The number of anilines is 2. The van der Waals surface area contributed by atoms with Crippen molar-refractivity contribution in [2.75, 3.05) is 39.2 Å². The minimum Gasteiger partial charge on any atom is -0.443 e. The zero-order chi connectivity index (χ0) is 29.3. The number of rotatable bonds is 13. The topological polar surface area (TPSA) is 55.3 Å². The van der Waals surface area contributed by atoms with Gasteiger partial charge in [-0.05, 0) is 42.7 Å². The van der Waals surface area contributed by atoms with Gasteiger partial charge in [0.1, 0.15) is 18.8 Å². The Balaban J connectivity index is 1.96. The number of halogens is 4. The van der Waals surface area contributed by atoms with Crippen molar-refractivity contribution in [2.24, 2.45) is 0 Å². The first-order chi connectivity index (χ1) is 18.9. The SMILES string of the molecule is CCCCCCCCc1ccc(N(C(=O)OCC[N+](C)(C)C)c2nc(-c3cccnc3)c(F)s2)cc1C(F)(F)F. The zero-order valence-electron chi connectivity index (χ0n) is 23.4. The summed E-state index contributed by atoms with van der Waals surface area (Å²) in [7, 11) is 5.75. The van der Waals surface area contributed by atoms with E-state index in [1.165, 1.54) is 24.5 Å². The first kappa shape index (κ1) is 31.5. The molecule has 218 valence electrons. The molecule has 1 amide bonds. The fourth-order valence-electron chi connectivity index (χ4n) is 4.11. The van der Waals surface area contributed by atoms with Crippen LogP contribution in [-0.2, 0) is 17.3 Å². The highest BCUT2D eigenvalue weighted by molar-refractivity contribution is 7.14. The number of pyridine rings is 1. The molecule has 0 radical (unpaired) electrons. The number of carbonyl (C=O) groups excluding carboxylic acids is 1. The molecule has 0 bridgehead atoms. The molecule has 0 saturated carbocycles. The highest BCUT2D eigenvalue weighted by atomic mass is 32.1. The van der Waals surface area contributed by atoms with Crippen LogP contribution in [0.15, 0.2) is 42.7 Å². The maximum absolute atomic E-state index is 15.0. The molecule has 3 aromatic rings. The van der Waals surface area contributed by atoms with Gasteiger partial charge in [0.25, 0.3) is 0 Å². The first-order valence-electron chi connectivity index (χ1n) is 13.4. The van der Waals surface area contributed by atoms with E-state index in [2.05, 4.69) is 16.9 Å². The summed E-state index contributed by atoms with van der Waals surface area (Å²) in [4.78, 5) is 22.4. The number of aryl methyl sites for hydroxylation is 1. The number of hydrogen-bond donors (Lipinski definition) is 0. The van der Waals surface area contributed by atoms with Gasteiger partial charge in [-0.1, -0.05) is 56.4 Å². The van der Waals surface area contributed by atoms with Gasteiger partial charge in [0.05, 0.1) is 32.4 Å². The standard InChI is InChI=1S/C29H37F4N4O2S/c1-5-6-7-8-9-10-12-21-14-15-23(19-24(21)29(31,32)33)36(28(38)39-18-17-37(2,3)4)27-35-25(26(30)40-27)22-13-11-16-34-20-22/h11,13-16,19-20H,5-10,12,17-18H2,1-4H3/q+1. The molecule has 40 heavy (non-hydrogen) atoms. The largest absolute Gasteiger partial charge is 0.443 e. The number of thiazole rings is 1. The van der Waals surface area contributed by atoms with Gasteiger partial charge in [-0.25, -0.2) is 14.7 Å². The quantitative estimate of drug-likeness (QED) is 0.116. The Morgan fingerprint density at radius 2 is 1.80 bits per heavy atom. The van der Waals surface area contributed by atoms with E-state index >= 15 is 0 Å². The monoisotopic (exact) mass is 581 g/mol. The molecule has 2 aromatic heterocycles. The number of unbranched alkanes of at least 4 members (excludes halogenated alkanes) is 5. The number of alkyl halides is 3. The van der Waals surface area contributed by atoms with Crippen molar-refractivity contribution in [2.45, 2.75) is 58.0 Å². The lowest BCUT2D eigenvalue weighted by Gasteiger charge is -2.25. The fraction of sp³-hybridized carbons (Fsp3) is 0.483. The summed E-state index contributed by atoms with van der Waals surface area (Å²) in [6.07, 6.45) is 3.39. The third-order valence-corrected chi connectivity index (χ3v) is 7.16. The Bertz CT molecular complexity index is 1240. The summed E-state index contributed by atoms with van der Waals surface area (Å²) < 4.78 is 63.5. The molecule has 0 fully saturated rings. The average Bonchev–Trinajstić information content (AvgIpc) is 3.26. The normalized spacial score (nSPS) is 12.0. The Kier molecular flexibility index (Phi) is 11.0. The number of hydrogen-bond acceptors (Lipinski definition) is 5. The number of ether oxygens (including phenoxy) is 1. The Morgan fingerprint density at radius 3 is 2.45 bits per heavy atom. The predicted molar refractivity (Wildman–Crippen MR) is 150 cm³/mol. The van der Waals surface area contributed by atoms with E-state index in [4.69, 9.17) is 4.74 Å². The summed E-state index contributed by atoms with van der Waals surface area (Å²) in [6, 6.07) is 6.98. The predicted octanol–water partition coefficient (Wildman–Crippen LogP) is 8.25. The van der Waals surface area contributed by atoms with Gasteiger partial charge in [-0.3, -0.25) is 4.98 Å². The van der Waals surface area contributed by atoms with Crippen LogP contribution in [0.25, 0.3) is 11.3 Å². The van der Waals surface area contributed by atoms with Crippen molar-refractivity contribution in [1.82, 2.24) is 9.97 Å². The summed E-state index contributed by atoms with van der Waals surface area (Å²) in [5.41, 5.74) is -0.432. The van der Waals surface area contributed by atoms with Crippen molar-refractivity contribution in [3.63, 3.8) is 0 Å². The molecular weight excluding hydrogens is 544 g/mol. The molecule has 0 atom stereocenters. The van der Waals surface area contributed by atoms with Gasteiger partial charge < -0.3 is 9.22 Å². The fourth-order valence-corrected chi connectivity index (χ4v) is 4.94. The summed E-state index contributed by atoms with van der Waals surface area (Å²) in [5.74, 6) is 0. The van der Waals surface area contributed by atoms with Crippen molar-refractivity contribution in [3.8, 4) is 11.3 Å². The summed E-state index contributed by atoms with van der Waals surface area (Å²) >= 11 is 0.555. The summed E-state index contributed by atoms with van der Waals surface area (Å²) in [6.45, 7) is 2.60. The minimum atomic E-state index is -4.64. The van der Waals surface area contributed by atoms with E-state index in [0.29, 0.717) is 34.3 Å². The van der Waals surface area contributed by atoms with E-state index in [9.17, 15) is 22.4 Å². The molecule has 3 rings (SSSR count). The van der Waals surface area contributed by atoms with Crippen LogP contribution in [0, 0.1) is 5.13 Å². The number of quaternary nitrogens is 1. The third-order valence-electron chi connectivity index (χ3n) is 6.33. The van der Waals surface area contributed by atoms with Crippen LogP contribution in [0.5, 0.6) is 0 Å². The van der Waals surface area contributed by atoms with E-state index in [0.717, 1.165) is 43.1 Å². The van der Waals surface area contributed by atoms with Gasteiger partial charge in [-0.15, -0.1) is 0 Å². The molecule has 0 saturated heterocycles. The smallest absolute Gasteiger partial charge is 0.421 e. The zero-order valence-corrected chi connectivity index (χ0v) is 24.2. The van der Waals surface area contributed by atoms with Crippen LogP contribution >= 0.6 is 11.3 Å². The number of nitrogens with zero attached hydrogens (tertiary/aromatic N) is 4. The Hall–Kier alpha value is -3.05. The minimum absolute atomic E-state index is 0.0182. The van der Waals surface area contributed by atoms with Crippen LogP contribution in [0.2, 0.25) is 0 Å². The molecule has 11 heteroatoms. The molecule has 0 spiro atoms. The number of carbonyl (C=O) groups is 1. The second kappa shape index (κ2) is 14.0. The van der Waals surface area contributed by atoms with Crippen LogP contribution in [0.4, 0.5) is 33.2 Å². The van der Waals surface area contributed by atoms with Gasteiger partial charge >= 0.3 is 12.3 Å². The highest BCUT2D eigenvalue weighted by Crippen LogP contribution is 2.40. The lowest BCUT2D eigenvalue weighted by atomic mass is 9.99. The maximum Gasteiger partial charge on any atom is 0.421 e. The Morgan fingerprint density at radius 1 is 1.07 bits per heavy atom. The highest BCUT2D eigenvalue weighted by Gasteiger charge is 2.35. The molecular formula is C29H37F4N4O2S+. The lowest BCUT2D eigenvalue weighted by molar-refractivity contribution is -0.870. The first-order valence-corrected chi connectivity index (χ1v) is 14.3. The van der Waals surface area contributed by atoms with E-state index < -0.39 is 23.0 Å². The third kappa shape index (κ3) is 8.99. The van der Waals surface area contributed by atoms with Crippen molar-refractivity contribution >= 4 is 28.2 Å². The molecule has 2 heterocycles. The van der Waals surface area contributed by atoms with E-state index in [-0.39, 0.29) is 35.1 Å². The van der Waals surface area contributed by atoms with E-state index in [1.807, 2.05) is 21.1 Å². The number of likely N-dealkylation sites (N-methyl/N-ethyl adjacent to an activating group) is 1. The van der Waals surface area contributed by atoms with Crippen LogP contribution < -0.4 is 4.90 Å². The van der Waals surface area contributed by atoms with Crippen LogP contribution in [0.3, 0.4) is 0 Å². The maximum atomic E-state index is 15.0. The molecule has 0 aliphatic heterocycles. The van der Waals surface area contributed by atoms with E-state index in [1.54, 1.807) is 12.1 Å². The second-order valence-corrected chi connectivity index (χ2v) is 11.6. The molecule has 6 nitrogen and oxygen atoms in total. The number of aromatic nitrogens is 2. The van der Waals surface area contributed by atoms with Gasteiger partial charge in [-0.2, -0.15) is 17.6 Å². The molecule has 0 aliphatic rings. The van der Waals surface area contributed by atoms with Crippen LogP contribution in [0.1, 0.15) is 56.6 Å². The second-order valence-electron chi connectivity index (χ2n) is 10.7. The Labute approximate surface area is 237 Å². The number of amides is 1. The van der Waals surface area contributed by atoms with Gasteiger partial charge in [0, 0.05) is 18.0 Å². The average molecular weight is 582 g/mol. The number of benzene rings is 1. The lowest BCUT2D eigenvalue weighted by Crippen LogP contribution is -2.39. The van der Waals surface area contributed by atoms with Gasteiger partial charge in [0.15, 0.2) is 0 Å². The van der Waals surface area contributed by atoms with Crippen molar-refractivity contribution in [1.29, 1.82) is 0 Å². The molecule has 0 unspecified atom stereocenters. The van der Waals surface area contributed by atoms with Crippen LogP contribution in [-0.4, -0.2) is 54.8 Å².